The smallest absolute Gasteiger partial charge is 0.129 e. The van der Waals surface area contributed by atoms with Crippen LogP contribution in [0.1, 0.15) is 26.2 Å². The molecule has 1 N–H and O–H groups in total. The minimum Gasteiger partial charge on any atom is -0.300 e. The molecule has 0 amide bonds. The van der Waals surface area contributed by atoms with Gasteiger partial charge in [-0.3, -0.25) is 5.41 Å². The van der Waals surface area contributed by atoms with Crippen molar-refractivity contribution in [3.63, 3.8) is 0 Å². The maximum absolute atomic E-state index is 10.8. The van der Waals surface area contributed by atoms with E-state index in [0.717, 1.165) is 12.2 Å². The van der Waals surface area contributed by atoms with Crippen LogP contribution in [-0.2, 0) is 4.79 Å². The van der Waals surface area contributed by atoms with E-state index in [1.807, 2.05) is 0 Å². The molecular formula is C9H12N2OS. The quantitative estimate of drug-likeness (QED) is 0.750. The molecule has 1 rings (SSSR count). The van der Waals surface area contributed by atoms with Gasteiger partial charge in [0, 0.05) is 12.2 Å². The normalized spacial score (nSPS) is 27.2. The van der Waals surface area contributed by atoms with Gasteiger partial charge in [0.15, 0.2) is 0 Å². The number of carbonyl (C=O) groups is 1. The summed E-state index contributed by atoms with van der Waals surface area (Å²) in [6, 6.07) is 2.18. The minimum absolute atomic E-state index is 0.0966. The van der Waals surface area contributed by atoms with Crippen LogP contribution in [0.3, 0.4) is 0 Å². The fourth-order valence-corrected chi connectivity index (χ4v) is 2.55. The fourth-order valence-electron chi connectivity index (χ4n) is 1.37. The molecule has 1 fully saturated rings. The summed E-state index contributed by atoms with van der Waals surface area (Å²) in [6.45, 7) is 1.52. The number of nitriles is 1. The van der Waals surface area contributed by atoms with Crippen LogP contribution in [-0.4, -0.2) is 16.6 Å². The SMILES string of the molecule is CC(=O)CCC1(C#N)CCSC1=N. The monoisotopic (exact) mass is 196 g/mol. The molecule has 0 bridgehead atoms. The first-order chi connectivity index (χ1) is 6.10. The molecule has 1 saturated heterocycles. The zero-order valence-corrected chi connectivity index (χ0v) is 8.41. The van der Waals surface area contributed by atoms with Crippen molar-refractivity contribution in [3.05, 3.63) is 0 Å². The van der Waals surface area contributed by atoms with Crippen LogP contribution in [0.4, 0.5) is 0 Å². The Labute approximate surface area is 82.0 Å². The van der Waals surface area contributed by atoms with Crippen molar-refractivity contribution in [3.8, 4) is 6.07 Å². The van der Waals surface area contributed by atoms with Crippen LogP contribution in [0.25, 0.3) is 0 Å². The summed E-state index contributed by atoms with van der Waals surface area (Å²) in [7, 11) is 0. The van der Waals surface area contributed by atoms with E-state index in [4.69, 9.17) is 10.7 Å². The van der Waals surface area contributed by atoms with Gasteiger partial charge in [-0.2, -0.15) is 5.26 Å². The molecule has 0 saturated carbocycles. The lowest BCUT2D eigenvalue weighted by molar-refractivity contribution is -0.117. The molecule has 13 heavy (non-hydrogen) atoms. The molecule has 1 unspecified atom stereocenters. The topological polar surface area (TPSA) is 64.7 Å². The van der Waals surface area contributed by atoms with Crippen molar-refractivity contribution in [2.24, 2.45) is 5.41 Å². The lowest BCUT2D eigenvalue weighted by Crippen LogP contribution is -2.22. The standard InChI is InChI=1S/C9H12N2OS/c1-7(12)2-3-9(6-10)4-5-13-8(9)11/h11H,2-5H2,1H3. The zero-order chi connectivity index (χ0) is 9.90. The van der Waals surface area contributed by atoms with E-state index in [0.29, 0.717) is 17.9 Å². The Balaban J connectivity index is 2.66. The van der Waals surface area contributed by atoms with Crippen molar-refractivity contribution in [2.45, 2.75) is 26.2 Å². The molecule has 1 aliphatic rings. The summed E-state index contributed by atoms with van der Waals surface area (Å²) >= 11 is 1.43. The maximum atomic E-state index is 10.8. The zero-order valence-electron chi connectivity index (χ0n) is 7.59. The number of ketones is 1. The van der Waals surface area contributed by atoms with Crippen LogP contribution in [0.15, 0.2) is 0 Å². The van der Waals surface area contributed by atoms with E-state index in [2.05, 4.69) is 6.07 Å². The summed E-state index contributed by atoms with van der Waals surface area (Å²) in [4.78, 5) is 10.8. The third kappa shape index (κ3) is 2.10. The number of thioether (sulfide) groups is 1. The molecule has 1 atom stereocenters. The van der Waals surface area contributed by atoms with E-state index in [1.165, 1.54) is 18.7 Å². The highest BCUT2D eigenvalue weighted by atomic mass is 32.2. The van der Waals surface area contributed by atoms with Gasteiger partial charge in [-0.05, 0) is 19.8 Å². The first kappa shape index (κ1) is 10.3. The number of rotatable bonds is 3. The summed E-state index contributed by atoms with van der Waals surface area (Å²) in [5.41, 5.74) is -0.643. The Kier molecular flexibility index (Phi) is 3.10. The second-order valence-corrected chi connectivity index (χ2v) is 4.43. The molecule has 0 radical (unpaired) electrons. The third-order valence-corrected chi connectivity index (χ3v) is 3.42. The Morgan fingerprint density at radius 1 is 1.85 bits per heavy atom. The van der Waals surface area contributed by atoms with Crippen molar-refractivity contribution in [1.82, 2.24) is 0 Å². The molecular weight excluding hydrogens is 184 g/mol. The van der Waals surface area contributed by atoms with Crippen molar-refractivity contribution >= 4 is 22.6 Å². The van der Waals surface area contributed by atoms with Gasteiger partial charge in [-0.1, -0.05) is 0 Å². The van der Waals surface area contributed by atoms with Gasteiger partial charge in [0.05, 0.1) is 11.1 Å². The summed E-state index contributed by atoms with van der Waals surface area (Å²) in [5, 5.41) is 17.1. The molecule has 0 aromatic carbocycles. The van der Waals surface area contributed by atoms with E-state index >= 15 is 0 Å². The van der Waals surface area contributed by atoms with Crippen LogP contribution in [0, 0.1) is 22.2 Å². The summed E-state index contributed by atoms with van der Waals surface area (Å²) < 4.78 is 0. The van der Waals surface area contributed by atoms with Gasteiger partial charge in [-0.15, -0.1) is 11.8 Å². The summed E-state index contributed by atoms with van der Waals surface area (Å²) in [6.07, 6.45) is 1.65. The molecule has 0 aromatic heterocycles. The van der Waals surface area contributed by atoms with Gasteiger partial charge in [0.1, 0.15) is 11.2 Å². The maximum Gasteiger partial charge on any atom is 0.129 e. The molecule has 0 aromatic rings. The van der Waals surface area contributed by atoms with Gasteiger partial charge < -0.3 is 4.79 Å². The van der Waals surface area contributed by atoms with Crippen LogP contribution >= 0.6 is 11.8 Å². The lowest BCUT2D eigenvalue weighted by atomic mass is 9.83. The Morgan fingerprint density at radius 2 is 2.54 bits per heavy atom. The molecule has 0 spiro atoms. The Hall–Kier alpha value is -0.820. The highest BCUT2D eigenvalue weighted by Gasteiger charge is 2.39. The van der Waals surface area contributed by atoms with Crippen molar-refractivity contribution < 1.29 is 4.79 Å². The number of nitrogens with one attached hydrogen (secondary N) is 1. The highest BCUT2D eigenvalue weighted by Crippen LogP contribution is 2.41. The van der Waals surface area contributed by atoms with Gasteiger partial charge in [0.25, 0.3) is 0 Å². The second kappa shape index (κ2) is 3.93. The van der Waals surface area contributed by atoms with Gasteiger partial charge >= 0.3 is 0 Å². The predicted molar refractivity (Wildman–Crippen MR) is 52.8 cm³/mol. The minimum atomic E-state index is -0.643. The Morgan fingerprint density at radius 3 is 2.92 bits per heavy atom. The number of nitrogens with zero attached hydrogens (tertiary/aromatic N) is 1. The van der Waals surface area contributed by atoms with E-state index in [1.54, 1.807) is 0 Å². The molecule has 70 valence electrons. The lowest BCUT2D eigenvalue weighted by Gasteiger charge is -2.18. The number of Topliss-reactive ketones (excluding diaryl/α,β-unsaturated/α-hetero) is 1. The van der Waals surface area contributed by atoms with E-state index in [-0.39, 0.29) is 5.78 Å². The summed E-state index contributed by atoms with van der Waals surface area (Å²) in [5.74, 6) is 0.934. The molecule has 1 heterocycles. The second-order valence-electron chi connectivity index (χ2n) is 3.32. The van der Waals surface area contributed by atoms with Crippen molar-refractivity contribution in [2.75, 3.05) is 5.75 Å². The van der Waals surface area contributed by atoms with Crippen LogP contribution in [0.2, 0.25) is 0 Å². The Bertz CT molecular complexity index is 282. The average Bonchev–Trinajstić information content (AvgIpc) is 2.45. The first-order valence-corrected chi connectivity index (χ1v) is 5.22. The third-order valence-electron chi connectivity index (χ3n) is 2.33. The average molecular weight is 196 g/mol. The molecule has 0 aliphatic carbocycles. The van der Waals surface area contributed by atoms with Crippen LogP contribution < -0.4 is 0 Å². The van der Waals surface area contributed by atoms with Gasteiger partial charge in [-0.25, -0.2) is 0 Å². The first-order valence-electron chi connectivity index (χ1n) is 4.23. The fraction of sp³-hybridized carbons (Fsp3) is 0.667. The van der Waals surface area contributed by atoms with Gasteiger partial charge in [0.2, 0.25) is 0 Å². The molecule has 3 nitrogen and oxygen atoms in total. The number of hydrogen-bond donors (Lipinski definition) is 1. The van der Waals surface area contributed by atoms with E-state index in [9.17, 15) is 4.79 Å². The number of carbonyl (C=O) groups excluding carboxylic acids is 1. The highest BCUT2D eigenvalue weighted by molar-refractivity contribution is 8.14. The largest absolute Gasteiger partial charge is 0.300 e. The predicted octanol–water partition coefficient (Wildman–Crippen LogP) is 1.98. The van der Waals surface area contributed by atoms with E-state index < -0.39 is 5.41 Å². The van der Waals surface area contributed by atoms with Crippen molar-refractivity contribution in [1.29, 1.82) is 10.7 Å². The van der Waals surface area contributed by atoms with Crippen LogP contribution in [0.5, 0.6) is 0 Å². The number of hydrogen-bond acceptors (Lipinski definition) is 4. The molecule has 4 heteroatoms. The molecule has 1 aliphatic heterocycles.